The summed E-state index contributed by atoms with van der Waals surface area (Å²) in [5.41, 5.74) is 0.193. The zero-order valence-corrected chi connectivity index (χ0v) is 10.7. The Kier molecular flexibility index (Phi) is 3.88. The third-order valence-electron chi connectivity index (χ3n) is 3.14. The van der Waals surface area contributed by atoms with E-state index in [4.69, 9.17) is 10.1 Å². The van der Waals surface area contributed by atoms with Gasteiger partial charge < -0.3 is 10.1 Å². The molecule has 0 aliphatic heterocycles. The molecule has 0 saturated heterocycles. The van der Waals surface area contributed by atoms with E-state index in [1.54, 1.807) is 0 Å². The van der Waals surface area contributed by atoms with Gasteiger partial charge in [-0.05, 0) is 11.1 Å². The van der Waals surface area contributed by atoms with E-state index < -0.39 is 11.4 Å². The molecule has 0 amide bonds. The number of hydrogen-bond donors (Lipinski definition) is 1. The van der Waals surface area contributed by atoms with Crippen LogP contribution in [0.1, 0.15) is 11.1 Å². The third-order valence-corrected chi connectivity index (χ3v) is 3.14. The zero-order valence-electron chi connectivity index (χ0n) is 10.7. The Morgan fingerprint density at radius 3 is 1.74 bits per heavy atom. The molecule has 0 bridgehead atoms. The molecule has 2 aromatic carbocycles. The van der Waals surface area contributed by atoms with Gasteiger partial charge in [-0.2, -0.15) is 0 Å². The van der Waals surface area contributed by atoms with Crippen molar-refractivity contribution in [2.24, 2.45) is 0 Å². The van der Waals surface area contributed by atoms with Crippen LogP contribution in [0.5, 0.6) is 0 Å². The standard InChI is InChI=1S/C16H15NO2/c1-19-16(15(18)12-17,13-8-4-2-5-9-13)14-10-6-3-7-11-14/h2-12,17H,1H3. The molecule has 3 heteroatoms. The van der Waals surface area contributed by atoms with Crippen molar-refractivity contribution in [3.8, 4) is 0 Å². The molecule has 0 aliphatic carbocycles. The lowest BCUT2D eigenvalue weighted by Gasteiger charge is -2.30. The fourth-order valence-corrected chi connectivity index (χ4v) is 2.23. The molecule has 96 valence electrons. The fraction of sp³-hybridized carbons (Fsp3) is 0.125. The molecule has 0 saturated carbocycles. The predicted octanol–water partition coefficient (Wildman–Crippen LogP) is 2.80. The summed E-state index contributed by atoms with van der Waals surface area (Å²) in [4.78, 5) is 12.3. The Balaban J connectivity index is 2.69. The van der Waals surface area contributed by atoms with Gasteiger partial charge in [-0.15, -0.1) is 0 Å². The van der Waals surface area contributed by atoms with E-state index in [0.717, 1.165) is 17.3 Å². The quantitative estimate of drug-likeness (QED) is 0.833. The highest BCUT2D eigenvalue weighted by molar-refractivity contribution is 6.31. The lowest BCUT2D eigenvalue weighted by atomic mass is 9.82. The summed E-state index contributed by atoms with van der Waals surface area (Å²) in [6, 6.07) is 18.5. The first-order valence-electron chi connectivity index (χ1n) is 5.97. The van der Waals surface area contributed by atoms with Gasteiger partial charge in [-0.3, -0.25) is 4.79 Å². The van der Waals surface area contributed by atoms with Crippen LogP contribution in [-0.2, 0) is 15.1 Å². The number of benzene rings is 2. The van der Waals surface area contributed by atoms with E-state index in [-0.39, 0.29) is 0 Å². The first-order chi connectivity index (χ1) is 9.25. The van der Waals surface area contributed by atoms with Gasteiger partial charge in [0.15, 0.2) is 5.60 Å². The molecular formula is C16H15NO2. The largest absolute Gasteiger partial charge is 0.361 e. The Morgan fingerprint density at radius 1 is 1.00 bits per heavy atom. The summed E-state index contributed by atoms with van der Waals surface area (Å²) in [6.45, 7) is 0. The highest BCUT2D eigenvalue weighted by Crippen LogP contribution is 2.33. The number of hydrogen-bond acceptors (Lipinski definition) is 3. The molecule has 2 aromatic rings. The monoisotopic (exact) mass is 253 g/mol. The number of Topliss-reactive ketones (excluding diaryl/α,β-unsaturated/α-hetero) is 1. The lowest BCUT2D eigenvalue weighted by molar-refractivity contribution is -0.129. The van der Waals surface area contributed by atoms with E-state index in [1.165, 1.54) is 7.11 Å². The summed E-state index contributed by atoms with van der Waals surface area (Å²) in [7, 11) is 1.49. The van der Waals surface area contributed by atoms with Crippen molar-refractivity contribution in [1.82, 2.24) is 0 Å². The average Bonchev–Trinajstić information content (AvgIpc) is 2.50. The first kappa shape index (κ1) is 13.2. The maximum atomic E-state index is 12.3. The number of nitrogens with one attached hydrogen (secondary N) is 1. The van der Waals surface area contributed by atoms with Crippen molar-refractivity contribution in [1.29, 1.82) is 5.41 Å². The van der Waals surface area contributed by atoms with Crippen molar-refractivity contribution in [3.63, 3.8) is 0 Å². The molecule has 0 aliphatic rings. The third kappa shape index (κ3) is 2.20. The van der Waals surface area contributed by atoms with Gasteiger partial charge in [0.25, 0.3) is 0 Å². The minimum atomic E-state index is -1.25. The second kappa shape index (κ2) is 5.59. The normalized spacial score (nSPS) is 11.0. The molecule has 0 fully saturated rings. The smallest absolute Gasteiger partial charge is 0.214 e. The molecular weight excluding hydrogens is 238 g/mol. The SMILES string of the molecule is COC(C(=O)C=N)(c1ccccc1)c1ccccc1. The zero-order chi connectivity index (χ0) is 13.7. The summed E-state index contributed by atoms with van der Waals surface area (Å²) in [5, 5.41) is 7.31. The van der Waals surface area contributed by atoms with Crippen molar-refractivity contribution in [2.45, 2.75) is 5.60 Å². The van der Waals surface area contributed by atoms with Crippen molar-refractivity contribution in [2.75, 3.05) is 7.11 Å². The number of methoxy groups -OCH3 is 1. The van der Waals surface area contributed by atoms with Gasteiger partial charge in [0, 0.05) is 7.11 Å². The fourth-order valence-electron chi connectivity index (χ4n) is 2.23. The van der Waals surface area contributed by atoms with E-state index in [0.29, 0.717) is 0 Å². The van der Waals surface area contributed by atoms with Crippen molar-refractivity contribution < 1.29 is 9.53 Å². The van der Waals surface area contributed by atoms with Crippen molar-refractivity contribution >= 4 is 12.0 Å². The van der Waals surface area contributed by atoms with E-state index in [2.05, 4.69) is 0 Å². The van der Waals surface area contributed by atoms with Crippen LogP contribution in [0.2, 0.25) is 0 Å². The highest BCUT2D eigenvalue weighted by atomic mass is 16.5. The number of carbonyl (C=O) groups excluding carboxylic acids is 1. The van der Waals surface area contributed by atoms with Crippen LogP contribution in [0.15, 0.2) is 60.7 Å². The van der Waals surface area contributed by atoms with Gasteiger partial charge in [0.1, 0.15) is 0 Å². The van der Waals surface area contributed by atoms with Crippen LogP contribution in [0.3, 0.4) is 0 Å². The maximum absolute atomic E-state index is 12.3. The van der Waals surface area contributed by atoms with Gasteiger partial charge in [-0.1, -0.05) is 60.7 Å². The summed E-state index contributed by atoms with van der Waals surface area (Å²) < 4.78 is 5.56. The molecule has 19 heavy (non-hydrogen) atoms. The Morgan fingerprint density at radius 2 is 1.42 bits per heavy atom. The van der Waals surface area contributed by atoms with E-state index in [1.807, 2.05) is 60.7 Å². The molecule has 0 spiro atoms. The maximum Gasteiger partial charge on any atom is 0.214 e. The number of ether oxygens (including phenoxy) is 1. The molecule has 0 radical (unpaired) electrons. The highest BCUT2D eigenvalue weighted by Gasteiger charge is 2.40. The first-order valence-corrected chi connectivity index (χ1v) is 5.97. The van der Waals surface area contributed by atoms with Crippen LogP contribution in [-0.4, -0.2) is 19.1 Å². The average molecular weight is 253 g/mol. The minimum Gasteiger partial charge on any atom is -0.361 e. The molecule has 3 nitrogen and oxygen atoms in total. The molecule has 2 rings (SSSR count). The van der Waals surface area contributed by atoms with Gasteiger partial charge in [0.2, 0.25) is 5.78 Å². The van der Waals surface area contributed by atoms with Crippen LogP contribution >= 0.6 is 0 Å². The minimum absolute atomic E-state index is 0.396. The van der Waals surface area contributed by atoms with Gasteiger partial charge >= 0.3 is 0 Å². The molecule has 0 atom stereocenters. The number of ketones is 1. The molecule has 0 unspecified atom stereocenters. The number of rotatable bonds is 5. The second-order valence-corrected chi connectivity index (χ2v) is 4.13. The molecule has 0 aromatic heterocycles. The van der Waals surface area contributed by atoms with Crippen LogP contribution in [0, 0.1) is 5.41 Å². The Hall–Kier alpha value is -2.26. The lowest BCUT2D eigenvalue weighted by Crippen LogP contribution is -2.39. The van der Waals surface area contributed by atoms with E-state index >= 15 is 0 Å². The predicted molar refractivity (Wildman–Crippen MR) is 74.5 cm³/mol. The van der Waals surface area contributed by atoms with Crippen LogP contribution in [0.4, 0.5) is 0 Å². The van der Waals surface area contributed by atoms with Gasteiger partial charge in [-0.25, -0.2) is 0 Å². The topological polar surface area (TPSA) is 50.2 Å². The van der Waals surface area contributed by atoms with Crippen molar-refractivity contribution in [3.05, 3.63) is 71.8 Å². The van der Waals surface area contributed by atoms with Gasteiger partial charge in [0.05, 0.1) is 6.21 Å². The van der Waals surface area contributed by atoms with Crippen LogP contribution in [0.25, 0.3) is 0 Å². The Bertz CT molecular complexity index is 524. The Labute approximate surface area is 112 Å². The summed E-state index contributed by atoms with van der Waals surface area (Å²) in [6.07, 6.45) is 0.809. The second-order valence-electron chi connectivity index (χ2n) is 4.13. The number of carbonyl (C=O) groups is 1. The van der Waals surface area contributed by atoms with E-state index in [9.17, 15) is 4.79 Å². The summed E-state index contributed by atoms with van der Waals surface area (Å²) in [5.74, 6) is -0.396. The summed E-state index contributed by atoms with van der Waals surface area (Å²) >= 11 is 0. The molecule has 1 N–H and O–H groups in total. The molecule has 0 heterocycles. The van der Waals surface area contributed by atoms with Crippen LogP contribution < -0.4 is 0 Å².